The van der Waals surface area contributed by atoms with E-state index in [1.807, 2.05) is 11.9 Å². The minimum absolute atomic E-state index is 0.0921. The molecule has 2 rings (SSSR count). The maximum Gasteiger partial charge on any atom is 0.254 e. The second-order valence-corrected chi connectivity index (χ2v) is 4.94. The van der Waals surface area contributed by atoms with Gasteiger partial charge in [-0.25, -0.2) is 0 Å². The number of nitrogens with one attached hydrogen (secondary N) is 1. The Morgan fingerprint density at radius 2 is 2.00 bits per heavy atom. The van der Waals surface area contributed by atoms with Crippen molar-refractivity contribution in [2.45, 2.75) is 25.3 Å². The SMILES string of the molecule is CNCC1CCCCN1C(=O)c1cc(O)cc(O)c1. The van der Waals surface area contributed by atoms with Crippen LogP contribution in [0.2, 0.25) is 0 Å². The number of likely N-dealkylation sites (N-methyl/N-ethyl adjacent to an activating group) is 1. The van der Waals surface area contributed by atoms with Crippen molar-refractivity contribution < 1.29 is 15.0 Å². The molecule has 5 heteroatoms. The maximum atomic E-state index is 12.5. The molecule has 0 aliphatic carbocycles. The number of phenolic OH excluding ortho intramolecular Hbond substituents is 2. The first kappa shape index (κ1) is 13.7. The molecule has 19 heavy (non-hydrogen) atoms. The van der Waals surface area contributed by atoms with Crippen molar-refractivity contribution in [3.63, 3.8) is 0 Å². The number of likely N-dealkylation sites (tertiary alicyclic amines) is 1. The highest BCUT2D eigenvalue weighted by Crippen LogP contribution is 2.24. The van der Waals surface area contributed by atoms with Crippen LogP contribution in [0.4, 0.5) is 0 Å². The second-order valence-electron chi connectivity index (χ2n) is 4.94. The average molecular weight is 264 g/mol. The van der Waals surface area contributed by atoms with E-state index in [-0.39, 0.29) is 23.4 Å². The molecule has 1 aromatic carbocycles. The van der Waals surface area contributed by atoms with Crippen LogP contribution in [-0.4, -0.2) is 47.2 Å². The minimum atomic E-state index is -0.133. The number of amides is 1. The van der Waals surface area contributed by atoms with Gasteiger partial charge in [-0.3, -0.25) is 4.79 Å². The first-order valence-electron chi connectivity index (χ1n) is 6.60. The normalized spacial score (nSPS) is 19.4. The Balaban J connectivity index is 2.20. The molecule has 1 aliphatic rings. The van der Waals surface area contributed by atoms with E-state index in [1.54, 1.807) is 0 Å². The van der Waals surface area contributed by atoms with Gasteiger partial charge in [0.15, 0.2) is 0 Å². The number of phenols is 2. The largest absolute Gasteiger partial charge is 0.508 e. The Hall–Kier alpha value is -1.75. The molecule has 1 aromatic rings. The van der Waals surface area contributed by atoms with E-state index in [4.69, 9.17) is 0 Å². The van der Waals surface area contributed by atoms with E-state index in [0.717, 1.165) is 32.4 Å². The van der Waals surface area contributed by atoms with Crippen LogP contribution < -0.4 is 5.32 Å². The third-order valence-corrected chi connectivity index (χ3v) is 3.48. The van der Waals surface area contributed by atoms with Crippen LogP contribution in [0.15, 0.2) is 18.2 Å². The summed E-state index contributed by atoms with van der Waals surface area (Å²) in [6, 6.07) is 4.19. The second kappa shape index (κ2) is 5.93. The van der Waals surface area contributed by atoms with Gasteiger partial charge in [0.1, 0.15) is 11.5 Å². The van der Waals surface area contributed by atoms with Gasteiger partial charge in [-0.2, -0.15) is 0 Å². The van der Waals surface area contributed by atoms with Gasteiger partial charge >= 0.3 is 0 Å². The van der Waals surface area contributed by atoms with Crippen molar-refractivity contribution in [1.82, 2.24) is 10.2 Å². The molecule has 3 N–H and O–H groups in total. The molecule has 5 nitrogen and oxygen atoms in total. The zero-order chi connectivity index (χ0) is 13.8. The van der Waals surface area contributed by atoms with Crippen molar-refractivity contribution in [3.05, 3.63) is 23.8 Å². The van der Waals surface area contributed by atoms with E-state index in [2.05, 4.69) is 5.32 Å². The molecule has 1 amide bonds. The third kappa shape index (κ3) is 3.17. The van der Waals surface area contributed by atoms with E-state index in [9.17, 15) is 15.0 Å². The summed E-state index contributed by atoms with van der Waals surface area (Å²) in [4.78, 5) is 14.3. The highest BCUT2D eigenvalue weighted by atomic mass is 16.3. The van der Waals surface area contributed by atoms with Crippen LogP contribution in [0.25, 0.3) is 0 Å². The fourth-order valence-electron chi connectivity index (χ4n) is 2.60. The molecule has 1 fully saturated rings. The molecule has 1 unspecified atom stereocenters. The molecule has 0 bridgehead atoms. The lowest BCUT2D eigenvalue weighted by Crippen LogP contribution is -2.48. The Kier molecular flexibility index (Phi) is 4.27. The predicted octanol–water partition coefficient (Wildman–Crippen LogP) is 1.31. The summed E-state index contributed by atoms with van der Waals surface area (Å²) < 4.78 is 0. The van der Waals surface area contributed by atoms with Crippen LogP contribution in [0, 0.1) is 0 Å². The number of hydrogen-bond acceptors (Lipinski definition) is 4. The van der Waals surface area contributed by atoms with Crippen molar-refractivity contribution in [3.8, 4) is 11.5 Å². The van der Waals surface area contributed by atoms with Gasteiger partial charge in [-0.1, -0.05) is 0 Å². The molecule has 0 aromatic heterocycles. The summed E-state index contributed by atoms with van der Waals surface area (Å²) in [6.45, 7) is 1.48. The lowest BCUT2D eigenvalue weighted by molar-refractivity contribution is 0.0614. The lowest BCUT2D eigenvalue weighted by Gasteiger charge is -2.35. The number of nitrogens with zero attached hydrogens (tertiary/aromatic N) is 1. The van der Waals surface area contributed by atoms with E-state index in [0.29, 0.717) is 5.56 Å². The molecule has 0 spiro atoms. The summed E-state index contributed by atoms with van der Waals surface area (Å²) in [5, 5.41) is 22.0. The lowest BCUT2D eigenvalue weighted by atomic mass is 10.0. The summed E-state index contributed by atoms with van der Waals surface area (Å²) in [7, 11) is 1.87. The van der Waals surface area contributed by atoms with Crippen molar-refractivity contribution >= 4 is 5.91 Å². The number of rotatable bonds is 3. The average Bonchev–Trinajstić information content (AvgIpc) is 2.38. The number of piperidine rings is 1. The maximum absolute atomic E-state index is 12.5. The zero-order valence-electron chi connectivity index (χ0n) is 11.1. The minimum Gasteiger partial charge on any atom is -0.508 e. The van der Waals surface area contributed by atoms with Crippen molar-refractivity contribution in [2.24, 2.45) is 0 Å². The summed E-state index contributed by atoms with van der Waals surface area (Å²) in [6.07, 6.45) is 3.11. The highest BCUT2D eigenvalue weighted by molar-refractivity contribution is 5.95. The van der Waals surface area contributed by atoms with Crippen LogP contribution in [0.5, 0.6) is 11.5 Å². The number of carbonyl (C=O) groups excluding carboxylic acids is 1. The van der Waals surface area contributed by atoms with Crippen LogP contribution >= 0.6 is 0 Å². The van der Waals surface area contributed by atoms with Gasteiger partial charge in [0, 0.05) is 30.8 Å². The molecule has 0 radical (unpaired) electrons. The fourth-order valence-corrected chi connectivity index (χ4v) is 2.60. The standard InChI is InChI=1S/C14H20N2O3/c1-15-9-11-4-2-3-5-16(11)14(19)10-6-12(17)8-13(18)7-10/h6-8,11,15,17-18H,2-5,9H2,1H3. The Bertz CT molecular complexity index is 440. The van der Waals surface area contributed by atoms with Crippen LogP contribution in [0.3, 0.4) is 0 Å². The molecule has 104 valence electrons. The van der Waals surface area contributed by atoms with Crippen LogP contribution in [-0.2, 0) is 0 Å². The van der Waals surface area contributed by atoms with E-state index < -0.39 is 0 Å². The molecule has 1 saturated heterocycles. The Labute approximate surface area is 112 Å². The molecule has 1 aliphatic heterocycles. The number of benzene rings is 1. The Morgan fingerprint density at radius 1 is 1.32 bits per heavy atom. The molecule has 1 heterocycles. The topological polar surface area (TPSA) is 72.8 Å². The van der Waals surface area contributed by atoms with Gasteiger partial charge in [0.2, 0.25) is 0 Å². The van der Waals surface area contributed by atoms with Crippen molar-refractivity contribution in [2.75, 3.05) is 20.1 Å². The van der Waals surface area contributed by atoms with Gasteiger partial charge in [0.25, 0.3) is 5.91 Å². The first-order chi connectivity index (χ1) is 9.11. The molecular weight excluding hydrogens is 244 g/mol. The molecular formula is C14H20N2O3. The number of hydrogen-bond donors (Lipinski definition) is 3. The van der Waals surface area contributed by atoms with Gasteiger partial charge in [-0.15, -0.1) is 0 Å². The summed E-state index contributed by atoms with van der Waals surface area (Å²) in [5.41, 5.74) is 0.334. The molecule has 1 atom stereocenters. The summed E-state index contributed by atoms with van der Waals surface area (Å²) in [5.74, 6) is -0.317. The first-order valence-corrected chi connectivity index (χ1v) is 6.60. The van der Waals surface area contributed by atoms with Gasteiger partial charge in [0.05, 0.1) is 0 Å². The van der Waals surface area contributed by atoms with Gasteiger partial charge < -0.3 is 20.4 Å². The monoisotopic (exact) mass is 264 g/mol. The van der Waals surface area contributed by atoms with E-state index in [1.165, 1.54) is 18.2 Å². The number of carbonyl (C=O) groups is 1. The van der Waals surface area contributed by atoms with Crippen molar-refractivity contribution in [1.29, 1.82) is 0 Å². The quantitative estimate of drug-likeness (QED) is 0.769. The van der Waals surface area contributed by atoms with Gasteiger partial charge in [-0.05, 0) is 38.4 Å². The zero-order valence-corrected chi connectivity index (χ0v) is 11.1. The predicted molar refractivity (Wildman–Crippen MR) is 72.4 cm³/mol. The highest BCUT2D eigenvalue weighted by Gasteiger charge is 2.27. The fraction of sp³-hybridized carbons (Fsp3) is 0.500. The van der Waals surface area contributed by atoms with Crippen LogP contribution in [0.1, 0.15) is 29.6 Å². The third-order valence-electron chi connectivity index (χ3n) is 3.48. The summed E-state index contributed by atoms with van der Waals surface area (Å²) >= 11 is 0. The van der Waals surface area contributed by atoms with E-state index >= 15 is 0 Å². The Morgan fingerprint density at radius 3 is 2.63 bits per heavy atom. The number of aromatic hydroxyl groups is 2. The smallest absolute Gasteiger partial charge is 0.254 e. The molecule has 0 saturated carbocycles.